The first kappa shape index (κ1) is 25.4. The molecule has 0 nitrogen and oxygen atoms in total. The molecule has 0 N–H and O–H groups in total. The minimum atomic E-state index is -3.81. The molecule has 430 valence electrons. The molecule has 9 unspecified atom stereocenters. The quantitative estimate of drug-likeness (QED) is 0.241. The van der Waals surface area contributed by atoms with Crippen LogP contribution in [0.2, 0.25) is 0 Å². The topological polar surface area (TPSA) is 0 Å². The summed E-state index contributed by atoms with van der Waals surface area (Å²) in [5, 5.41) is 0. The van der Waals surface area contributed by atoms with E-state index in [-0.39, 0.29) is 11.8 Å². The predicted octanol–water partition coefficient (Wildman–Crippen LogP) is 24.8. The maximum atomic E-state index is 8.23. The summed E-state index contributed by atoms with van der Waals surface area (Å²) >= 11 is 0. The summed E-state index contributed by atoms with van der Waals surface area (Å²) in [6, 6.07) is 0. The maximum Gasteiger partial charge on any atom is 0.0306 e. The smallest absolute Gasteiger partial charge is 0.0306 e. The lowest BCUT2D eigenvalue weighted by Gasteiger charge is -2.50. The summed E-state index contributed by atoms with van der Waals surface area (Å²) in [4.78, 5) is 0. The van der Waals surface area contributed by atoms with Gasteiger partial charge in [-0.3, -0.25) is 0 Å². The normalized spacial score (nSPS) is 68.3. The van der Waals surface area contributed by atoms with Gasteiger partial charge in [-0.05, 0) is 195 Å². The van der Waals surface area contributed by atoms with Gasteiger partial charge in [-0.1, -0.05) is 268 Å². The van der Waals surface area contributed by atoms with Gasteiger partial charge in [0.1, 0.15) is 0 Å². The Labute approximate surface area is 525 Å². The number of rotatable bonds is 5. The van der Waals surface area contributed by atoms with E-state index in [0.717, 1.165) is 95.8 Å². The maximum absolute atomic E-state index is 8.23. The Morgan fingerprint density at radius 3 is 1.22 bits per heavy atom. The summed E-state index contributed by atoms with van der Waals surface area (Å²) in [5.74, 6) is -20.9. The zero-order valence-electron chi connectivity index (χ0n) is 93.0. The lowest BCUT2D eigenvalue weighted by atomic mass is 9.55. The molecule has 15 aliphatic rings. The second-order valence-corrected chi connectivity index (χ2v) is 22.9. The highest BCUT2D eigenvalue weighted by Crippen LogP contribution is 2.52. The van der Waals surface area contributed by atoms with Gasteiger partial charge in [-0.2, -0.15) is 0 Å². The Morgan fingerprint density at radius 1 is 0.356 bits per heavy atom. The van der Waals surface area contributed by atoms with Gasteiger partial charge in [0.2, 0.25) is 0 Å². The fourth-order valence-electron chi connectivity index (χ4n) is 11.9. The van der Waals surface area contributed by atoms with Crippen molar-refractivity contribution >= 4 is 0 Å². The van der Waals surface area contributed by atoms with Gasteiger partial charge in [-0.25, -0.2) is 0 Å². The van der Waals surface area contributed by atoms with Gasteiger partial charge in [0.05, 0.1) is 0 Å². The molecule has 15 aliphatic carbocycles. The molecule has 0 aromatic rings. The Kier molecular flexibility index (Phi) is 12.6. The Balaban J connectivity index is 0.000000243. The third-order valence-electron chi connectivity index (χ3n) is 16.9. The van der Waals surface area contributed by atoms with Crippen molar-refractivity contribution in [3.63, 3.8) is 0 Å². The van der Waals surface area contributed by atoms with E-state index in [1.807, 2.05) is 0 Å². The van der Waals surface area contributed by atoms with Crippen molar-refractivity contribution in [1.82, 2.24) is 0 Å². The molecule has 0 amide bonds. The minimum Gasteiger partial charge on any atom is -0.0651 e. The minimum absolute atomic E-state index is 0.0388. The summed E-state index contributed by atoms with van der Waals surface area (Å²) in [7, 11) is 0. The van der Waals surface area contributed by atoms with Gasteiger partial charge in [-0.15, -0.1) is 0 Å². The first-order chi connectivity index (χ1) is 51.8. The van der Waals surface area contributed by atoms with Gasteiger partial charge >= 0.3 is 0 Å². The molecular weight excluding hydrogens is 877 g/mol. The average molecular weight is 1060 g/mol. The van der Waals surface area contributed by atoms with E-state index in [0.29, 0.717) is 37.5 Å². The van der Waals surface area contributed by atoms with E-state index < -0.39 is 161 Å². The molecule has 0 aromatic heterocycles. The Bertz CT molecular complexity index is 3170. The van der Waals surface area contributed by atoms with Crippen LogP contribution in [0.15, 0.2) is 0 Å². The molecule has 0 heteroatoms. The van der Waals surface area contributed by atoms with E-state index in [1.54, 1.807) is 27.7 Å². The lowest BCUT2D eigenvalue weighted by Crippen LogP contribution is -2.41. The standard InChI is InChI=1S/C10H20.C9H16.C9H18.3C8H14.C8H16.C7H14.C6H12/c1-3-10-6-4-5-9(2)7-8-10;1-6-3-8-5-9(4-6)7(8)2;1-2-9-7-5-3-4-6-8-9;1-6-2-7-4-8(3-6)5-7;2*1-6-4-7-2-3-8(6)5-7;1-2-8-6-4-3-5-7-8;1-2-7-5-3-4-6-7;1-2-6-4-3-5-6/h9-10H,3-8H2,1-2H3;6-9H,3-5H2,1-2H3;9H,2-8H2,1H3;3*6-8H,2-5H2,1H3;8H,2-7H2,1H3;7H,2-6H2,1H3;6H,2-5H2,1H3/t;;;;6-,7?,8?;;;;/m....1..../s1/i3D2,4D2,5D2,6D2,7D2,8D2,9D,10D;3D2,4D2,5D2,6D,7D,8D,9D;2D2;2*6D;2D2,3D2,4D2,5D2,6D,7D,8D;3*2D2. The third-order valence-corrected chi connectivity index (χ3v) is 16.9. The predicted molar refractivity (Wildman–Crippen MR) is 327 cm³/mol. The molecule has 0 saturated heterocycles. The molecule has 0 aliphatic heterocycles. The monoisotopic (exact) mass is 1060 g/mol. The summed E-state index contributed by atoms with van der Waals surface area (Å²) in [5.41, 5.74) is 0. The third kappa shape index (κ3) is 24.1. The molecule has 73 heavy (non-hydrogen) atoms. The molecule has 0 spiro atoms. The van der Waals surface area contributed by atoms with Crippen molar-refractivity contribution < 1.29 is 61.7 Å². The van der Waals surface area contributed by atoms with E-state index in [1.165, 1.54) is 116 Å². The molecular formula is C73H138. The molecule has 15 saturated carbocycles. The fourth-order valence-corrected chi connectivity index (χ4v) is 11.9. The van der Waals surface area contributed by atoms with Crippen molar-refractivity contribution in [1.29, 1.82) is 0 Å². The van der Waals surface area contributed by atoms with Crippen LogP contribution in [-0.2, 0) is 0 Å². The van der Waals surface area contributed by atoms with Crippen LogP contribution in [0.4, 0.5) is 0 Å². The Hall–Kier alpha value is 0. The van der Waals surface area contributed by atoms with Gasteiger partial charge < -0.3 is 0 Å². The highest BCUT2D eigenvalue weighted by atomic mass is 14.5. The molecule has 8 bridgehead atoms. The highest BCUT2D eigenvalue weighted by molar-refractivity contribution is 4.93. The zero-order valence-corrected chi connectivity index (χ0v) is 48.0. The largest absolute Gasteiger partial charge is 0.0651 e. The van der Waals surface area contributed by atoms with Crippen molar-refractivity contribution in [3.8, 4) is 0 Å². The van der Waals surface area contributed by atoms with Crippen molar-refractivity contribution in [2.45, 2.75) is 351 Å². The van der Waals surface area contributed by atoms with Crippen LogP contribution in [0.25, 0.3) is 0 Å². The fraction of sp³-hybridized carbons (Fsp3) is 1.00. The van der Waals surface area contributed by atoms with Gasteiger partial charge in [0, 0.05) is 61.7 Å². The second kappa shape index (κ2) is 36.3. The van der Waals surface area contributed by atoms with Crippen LogP contribution in [0.1, 0.15) is 413 Å². The number of fused-ring (bicyclic) bond motifs is 8. The summed E-state index contributed by atoms with van der Waals surface area (Å²) in [6.45, 7) is 15.0. The molecule has 10 atom stereocenters. The van der Waals surface area contributed by atoms with Crippen molar-refractivity contribution in [3.05, 3.63) is 0 Å². The molecule has 15 fully saturated rings. The van der Waals surface area contributed by atoms with Crippen LogP contribution >= 0.6 is 0 Å². The van der Waals surface area contributed by atoms with E-state index in [2.05, 4.69) is 13.8 Å². The summed E-state index contributed by atoms with van der Waals surface area (Å²) in [6.07, 6.45) is -14.6. The SMILES string of the molecule is [2H]C([2H])(C)C1([2H])C([2H])([2H])C([2H])([2H])C([2H])([2H])C([2H])(C)C([2H])([2H])C1([2H])[2H].[2H]C([2H])(C)C1CCC1.[2H]C([2H])(C)C1CCCC1.[2H]C([2H])(C)C1CCCCC1.[2H]C([2H])(C)C1CCCCCC1.[2H]C1(C)CC2CC(C2)C1.[2H]C1([2H])C([2H])(C)C([2H])([2H])C2([2H])C([2H])([2H])C1([2H])C2([2H])C.[2H]C1([2H])C([2H])([2H])C2([2H])C([2H])([2H])C1([2H])C([2H])([2H])C2([2H])C.[2H][C@@]1(C)CC2CCC1C2. The summed E-state index contributed by atoms with van der Waals surface area (Å²) < 4.78 is 352. The molecule has 0 heterocycles. The second-order valence-electron chi connectivity index (χ2n) is 22.9. The van der Waals surface area contributed by atoms with Crippen LogP contribution in [0.5, 0.6) is 0 Å². The van der Waals surface area contributed by atoms with Crippen LogP contribution < -0.4 is 0 Å². The van der Waals surface area contributed by atoms with Gasteiger partial charge in [0.25, 0.3) is 0 Å². The van der Waals surface area contributed by atoms with E-state index >= 15 is 0 Å². The lowest BCUT2D eigenvalue weighted by molar-refractivity contribution is -0.00154. The number of hydrogen-bond donors (Lipinski definition) is 0. The van der Waals surface area contributed by atoms with Crippen molar-refractivity contribution in [2.75, 3.05) is 0 Å². The molecule has 15 rings (SSSR count). The molecule has 0 radical (unpaired) electrons. The molecule has 0 aromatic carbocycles. The zero-order chi connectivity index (χ0) is 93.0. The van der Waals surface area contributed by atoms with Crippen LogP contribution in [0.3, 0.4) is 0 Å². The van der Waals surface area contributed by atoms with E-state index in [9.17, 15) is 0 Å². The first-order valence-electron chi connectivity index (χ1n) is 51.8. The number of hydrogen-bond acceptors (Lipinski definition) is 0. The van der Waals surface area contributed by atoms with Gasteiger partial charge in [0.15, 0.2) is 0 Å². The Morgan fingerprint density at radius 2 is 0.863 bits per heavy atom. The first-order valence-corrected chi connectivity index (χ1v) is 29.3. The van der Waals surface area contributed by atoms with Crippen LogP contribution in [-0.4, -0.2) is 0 Å². The van der Waals surface area contributed by atoms with E-state index in [4.69, 9.17) is 61.7 Å². The average Bonchev–Trinajstić information content (AvgIpc) is 1.43. The van der Waals surface area contributed by atoms with Crippen LogP contribution in [0, 0.1) is 112 Å². The highest BCUT2D eigenvalue weighted by Gasteiger charge is 2.43. The van der Waals surface area contributed by atoms with Crippen molar-refractivity contribution in [2.24, 2.45) is 112 Å².